The highest BCUT2D eigenvalue weighted by atomic mass is 16.5. The quantitative estimate of drug-likeness (QED) is 0.463. The maximum atomic E-state index is 5.93. The van der Waals surface area contributed by atoms with Crippen molar-refractivity contribution in [3.05, 3.63) is 0 Å². The smallest absolute Gasteiger partial charge is 0.191 e. The predicted molar refractivity (Wildman–Crippen MR) is 74.6 cm³/mol. The van der Waals surface area contributed by atoms with Crippen LogP contribution in [0.1, 0.15) is 45.4 Å². The summed E-state index contributed by atoms with van der Waals surface area (Å²) in [6, 6.07) is 0.632. The summed E-state index contributed by atoms with van der Waals surface area (Å²) >= 11 is 0. The van der Waals surface area contributed by atoms with Crippen LogP contribution in [0.5, 0.6) is 0 Å². The van der Waals surface area contributed by atoms with Gasteiger partial charge in [0.25, 0.3) is 0 Å². The minimum Gasteiger partial charge on any atom is -0.376 e. The van der Waals surface area contributed by atoms with Crippen molar-refractivity contribution in [2.45, 2.75) is 57.6 Å². The Bertz CT molecular complexity index is 289. The van der Waals surface area contributed by atoms with Crippen LogP contribution >= 0.6 is 0 Å². The van der Waals surface area contributed by atoms with E-state index >= 15 is 0 Å². The Morgan fingerprint density at radius 3 is 2.67 bits per heavy atom. The van der Waals surface area contributed by atoms with E-state index in [2.05, 4.69) is 16.8 Å². The molecule has 2 unspecified atom stereocenters. The average Bonchev–Trinajstić information content (AvgIpc) is 3.19. The molecule has 0 radical (unpaired) electrons. The van der Waals surface area contributed by atoms with Crippen LogP contribution in [0.2, 0.25) is 0 Å². The molecule has 104 valence electrons. The van der Waals surface area contributed by atoms with Crippen LogP contribution in [0.3, 0.4) is 0 Å². The fourth-order valence-corrected chi connectivity index (χ4v) is 2.65. The molecule has 0 aromatic rings. The third-order valence-electron chi connectivity index (χ3n) is 4.19. The molecule has 4 heteroatoms. The summed E-state index contributed by atoms with van der Waals surface area (Å²) in [6.45, 7) is 3.68. The van der Waals surface area contributed by atoms with E-state index in [9.17, 15) is 0 Å². The van der Waals surface area contributed by atoms with E-state index in [1.807, 2.05) is 7.05 Å². The fraction of sp³-hybridized carbons (Fsp3) is 0.929. The second-order valence-electron chi connectivity index (χ2n) is 5.75. The molecular formula is C14H27N3O. The van der Waals surface area contributed by atoms with Gasteiger partial charge >= 0.3 is 0 Å². The van der Waals surface area contributed by atoms with Gasteiger partial charge in [-0.25, -0.2) is 0 Å². The molecule has 0 saturated heterocycles. The molecule has 0 bridgehead atoms. The number of nitrogens with zero attached hydrogens (tertiary/aromatic N) is 2. The molecule has 2 rings (SSSR count). The minimum atomic E-state index is 0.441. The molecule has 0 aromatic heterocycles. The predicted octanol–water partition coefficient (Wildman–Crippen LogP) is 1.99. The largest absolute Gasteiger partial charge is 0.376 e. The molecule has 2 aliphatic rings. The maximum Gasteiger partial charge on any atom is 0.191 e. The number of guanidine groups is 1. The summed E-state index contributed by atoms with van der Waals surface area (Å²) < 4.78 is 5.92. The van der Waals surface area contributed by atoms with Crippen molar-refractivity contribution in [3.8, 4) is 0 Å². The van der Waals surface area contributed by atoms with Crippen molar-refractivity contribution in [1.82, 2.24) is 4.90 Å². The molecule has 0 heterocycles. The topological polar surface area (TPSA) is 50.9 Å². The molecule has 2 fully saturated rings. The standard InChI is InChI=1S/C14H27N3O/c1-11-5-3-4-6-13(11)18-10-9-16-14(15)17(2)12-7-8-12/h11-13H,3-10H2,1-2H3,(H2,15,16). The molecule has 0 spiro atoms. The Hall–Kier alpha value is -0.770. The van der Waals surface area contributed by atoms with E-state index in [4.69, 9.17) is 10.5 Å². The van der Waals surface area contributed by atoms with E-state index < -0.39 is 0 Å². The highest BCUT2D eigenvalue weighted by molar-refractivity contribution is 5.78. The van der Waals surface area contributed by atoms with Gasteiger partial charge in [-0.05, 0) is 31.6 Å². The van der Waals surface area contributed by atoms with Crippen molar-refractivity contribution in [1.29, 1.82) is 0 Å². The molecule has 2 N–H and O–H groups in total. The summed E-state index contributed by atoms with van der Waals surface area (Å²) in [5.41, 5.74) is 5.93. The minimum absolute atomic E-state index is 0.441. The lowest BCUT2D eigenvalue weighted by Gasteiger charge is -2.28. The van der Waals surface area contributed by atoms with Crippen molar-refractivity contribution >= 4 is 5.96 Å². The zero-order chi connectivity index (χ0) is 13.0. The van der Waals surface area contributed by atoms with E-state index in [0.717, 1.165) is 0 Å². The lowest BCUT2D eigenvalue weighted by atomic mass is 9.88. The summed E-state index contributed by atoms with van der Waals surface area (Å²) in [5, 5.41) is 0. The number of nitrogens with two attached hydrogens (primary N) is 1. The molecule has 0 aliphatic heterocycles. The summed E-state index contributed by atoms with van der Waals surface area (Å²) in [5.74, 6) is 1.37. The first-order valence-corrected chi connectivity index (χ1v) is 7.33. The van der Waals surface area contributed by atoms with Crippen LogP contribution in [-0.4, -0.2) is 43.2 Å². The van der Waals surface area contributed by atoms with Crippen molar-refractivity contribution in [3.63, 3.8) is 0 Å². The normalized spacial score (nSPS) is 29.3. The van der Waals surface area contributed by atoms with E-state index in [1.54, 1.807) is 0 Å². The third kappa shape index (κ3) is 3.87. The number of hydrogen-bond donors (Lipinski definition) is 1. The van der Waals surface area contributed by atoms with Crippen LogP contribution in [0.25, 0.3) is 0 Å². The van der Waals surface area contributed by atoms with Gasteiger partial charge in [0.2, 0.25) is 0 Å². The van der Waals surface area contributed by atoms with Crippen molar-refractivity contribution in [2.24, 2.45) is 16.6 Å². The number of ether oxygens (including phenoxy) is 1. The Morgan fingerprint density at radius 2 is 2.00 bits per heavy atom. The molecule has 2 aliphatic carbocycles. The van der Waals surface area contributed by atoms with Gasteiger partial charge in [0, 0.05) is 13.1 Å². The number of aliphatic imine (C=N–C) groups is 1. The SMILES string of the molecule is CC1CCCCC1OCCN=C(N)N(C)C1CC1. The summed E-state index contributed by atoms with van der Waals surface area (Å²) in [4.78, 5) is 6.48. The van der Waals surface area contributed by atoms with Gasteiger partial charge in [0.05, 0.1) is 19.3 Å². The molecule has 4 nitrogen and oxygen atoms in total. The fourth-order valence-electron chi connectivity index (χ4n) is 2.65. The van der Waals surface area contributed by atoms with E-state index in [1.165, 1.54) is 38.5 Å². The molecular weight excluding hydrogens is 226 g/mol. The third-order valence-corrected chi connectivity index (χ3v) is 4.19. The highest BCUT2D eigenvalue weighted by Crippen LogP contribution is 2.26. The van der Waals surface area contributed by atoms with Gasteiger partial charge in [-0.1, -0.05) is 19.8 Å². The van der Waals surface area contributed by atoms with Gasteiger partial charge in [-0.3, -0.25) is 4.99 Å². The Morgan fingerprint density at radius 1 is 1.28 bits per heavy atom. The number of rotatable bonds is 5. The summed E-state index contributed by atoms with van der Waals surface area (Å²) in [6.07, 6.45) is 8.13. The first-order chi connectivity index (χ1) is 8.68. The Labute approximate surface area is 111 Å². The molecule has 0 amide bonds. The lowest BCUT2D eigenvalue weighted by Crippen LogP contribution is -2.36. The van der Waals surface area contributed by atoms with Crippen molar-refractivity contribution in [2.75, 3.05) is 20.2 Å². The number of hydrogen-bond acceptors (Lipinski definition) is 2. The van der Waals surface area contributed by atoms with Gasteiger partial charge in [-0.2, -0.15) is 0 Å². The zero-order valence-corrected chi connectivity index (χ0v) is 11.8. The van der Waals surface area contributed by atoms with Crippen molar-refractivity contribution < 1.29 is 4.74 Å². The zero-order valence-electron chi connectivity index (χ0n) is 11.8. The average molecular weight is 253 g/mol. The van der Waals surface area contributed by atoms with Crippen LogP contribution in [0.15, 0.2) is 4.99 Å². The Kier molecular flexibility index (Phi) is 4.87. The van der Waals surface area contributed by atoms with Crippen LogP contribution < -0.4 is 5.73 Å². The van der Waals surface area contributed by atoms with Gasteiger partial charge in [0.1, 0.15) is 0 Å². The summed E-state index contributed by atoms with van der Waals surface area (Å²) in [7, 11) is 2.03. The maximum absolute atomic E-state index is 5.93. The van der Waals surface area contributed by atoms with Gasteiger partial charge in [-0.15, -0.1) is 0 Å². The second kappa shape index (κ2) is 6.41. The van der Waals surface area contributed by atoms with Gasteiger partial charge in [0.15, 0.2) is 5.96 Å². The van der Waals surface area contributed by atoms with Gasteiger partial charge < -0.3 is 15.4 Å². The van der Waals surface area contributed by atoms with E-state index in [-0.39, 0.29) is 0 Å². The second-order valence-corrected chi connectivity index (χ2v) is 5.75. The first kappa shape index (κ1) is 13.7. The molecule has 0 aromatic carbocycles. The first-order valence-electron chi connectivity index (χ1n) is 7.33. The van der Waals surface area contributed by atoms with Crippen LogP contribution in [-0.2, 0) is 4.74 Å². The molecule has 2 saturated carbocycles. The molecule has 2 atom stereocenters. The monoisotopic (exact) mass is 253 g/mol. The van der Waals surface area contributed by atoms with Crippen LogP contribution in [0.4, 0.5) is 0 Å². The lowest BCUT2D eigenvalue weighted by molar-refractivity contribution is -0.000697. The molecule has 18 heavy (non-hydrogen) atoms. The highest BCUT2D eigenvalue weighted by Gasteiger charge is 2.27. The van der Waals surface area contributed by atoms with Crippen LogP contribution in [0, 0.1) is 5.92 Å². The van der Waals surface area contributed by atoms with E-state index in [0.29, 0.717) is 37.2 Å². The Balaban J connectivity index is 1.63.